The Bertz CT molecular complexity index is 555. The Kier molecular flexibility index (Phi) is 3.14. The number of methoxy groups -OCH3 is 1. The molecular weight excluding hydrogens is 221 g/mol. The van der Waals surface area contributed by atoms with Gasteiger partial charge in [0.1, 0.15) is 17.3 Å². The van der Waals surface area contributed by atoms with Gasteiger partial charge >= 0.3 is 0 Å². The predicted molar refractivity (Wildman–Crippen MR) is 61.6 cm³/mol. The number of rotatable bonds is 3. The third-order valence-corrected chi connectivity index (χ3v) is 2.39. The van der Waals surface area contributed by atoms with Gasteiger partial charge in [-0.1, -0.05) is 6.07 Å². The monoisotopic (exact) mass is 231 g/mol. The molecule has 17 heavy (non-hydrogen) atoms. The van der Waals surface area contributed by atoms with Crippen LogP contribution in [-0.2, 0) is 0 Å². The zero-order valence-electron chi connectivity index (χ0n) is 9.18. The summed E-state index contributed by atoms with van der Waals surface area (Å²) in [5.74, 6) is -0.00374. The van der Waals surface area contributed by atoms with E-state index in [0.29, 0.717) is 23.3 Å². The summed E-state index contributed by atoms with van der Waals surface area (Å²) in [5, 5.41) is 0. The minimum absolute atomic E-state index is 0.0312. The highest BCUT2D eigenvalue weighted by atomic mass is 19.1. The van der Waals surface area contributed by atoms with E-state index in [4.69, 9.17) is 4.74 Å². The maximum absolute atomic E-state index is 13.5. The number of halogens is 1. The number of pyridine rings is 1. The fraction of sp³-hybridized carbons (Fsp3) is 0.0769. The van der Waals surface area contributed by atoms with E-state index in [2.05, 4.69) is 4.98 Å². The number of carbonyl (C=O) groups is 1. The quantitative estimate of drug-likeness (QED) is 0.762. The second-order valence-corrected chi connectivity index (χ2v) is 3.41. The standard InChI is InChI=1S/C13H10FNO2/c1-17-12-3-2-6-15-13(12)9-4-5-10(8-16)11(14)7-9/h2-8H,1H3. The van der Waals surface area contributed by atoms with E-state index in [9.17, 15) is 9.18 Å². The van der Waals surface area contributed by atoms with Crippen molar-refractivity contribution in [1.82, 2.24) is 4.98 Å². The Balaban J connectivity index is 2.53. The molecule has 4 heteroatoms. The molecule has 0 unspecified atom stereocenters. The summed E-state index contributed by atoms with van der Waals surface area (Å²) < 4.78 is 18.6. The molecule has 0 spiro atoms. The van der Waals surface area contributed by atoms with Crippen molar-refractivity contribution >= 4 is 6.29 Å². The summed E-state index contributed by atoms with van der Waals surface area (Å²) in [6.07, 6.45) is 2.08. The summed E-state index contributed by atoms with van der Waals surface area (Å²) in [5.41, 5.74) is 1.15. The van der Waals surface area contributed by atoms with Crippen molar-refractivity contribution in [1.29, 1.82) is 0 Å². The Hall–Kier alpha value is -2.23. The van der Waals surface area contributed by atoms with Crippen LogP contribution in [0.25, 0.3) is 11.3 Å². The minimum Gasteiger partial charge on any atom is -0.494 e. The summed E-state index contributed by atoms with van der Waals surface area (Å²) in [4.78, 5) is 14.7. The molecule has 0 saturated carbocycles. The van der Waals surface area contributed by atoms with Crippen LogP contribution in [0.3, 0.4) is 0 Å². The van der Waals surface area contributed by atoms with Crippen LogP contribution in [0.1, 0.15) is 10.4 Å². The molecule has 0 aliphatic rings. The first-order valence-corrected chi connectivity index (χ1v) is 5.00. The molecular formula is C13H10FNO2. The molecule has 2 rings (SSSR count). The van der Waals surface area contributed by atoms with E-state index in [1.54, 1.807) is 24.4 Å². The molecule has 0 aliphatic carbocycles. The van der Waals surface area contributed by atoms with Gasteiger partial charge in [-0.2, -0.15) is 0 Å². The van der Waals surface area contributed by atoms with Crippen molar-refractivity contribution in [3.63, 3.8) is 0 Å². The van der Waals surface area contributed by atoms with Crippen molar-refractivity contribution in [2.45, 2.75) is 0 Å². The van der Waals surface area contributed by atoms with Gasteiger partial charge < -0.3 is 4.74 Å². The summed E-state index contributed by atoms with van der Waals surface area (Å²) in [6, 6.07) is 7.81. The lowest BCUT2D eigenvalue weighted by Crippen LogP contribution is -1.93. The lowest BCUT2D eigenvalue weighted by molar-refractivity contribution is 0.112. The molecule has 0 bridgehead atoms. The first kappa shape index (κ1) is 11.3. The number of benzene rings is 1. The van der Waals surface area contributed by atoms with Gasteiger partial charge in [-0.05, 0) is 24.3 Å². The van der Waals surface area contributed by atoms with E-state index in [0.717, 1.165) is 0 Å². The number of aldehydes is 1. The smallest absolute Gasteiger partial charge is 0.152 e. The molecule has 0 N–H and O–H groups in total. The summed E-state index contributed by atoms with van der Waals surface area (Å²) in [6.45, 7) is 0. The summed E-state index contributed by atoms with van der Waals surface area (Å²) in [7, 11) is 1.52. The van der Waals surface area contributed by atoms with Crippen molar-refractivity contribution in [3.8, 4) is 17.0 Å². The van der Waals surface area contributed by atoms with Gasteiger partial charge in [-0.25, -0.2) is 4.39 Å². The van der Waals surface area contributed by atoms with E-state index >= 15 is 0 Å². The zero-order valence-corrected chi connectivity index (χ0v) is 9.18. The van der Waals surface area contributed by atoms with Gasteiger partial charge in [-0.3, -0.25) is 9.78 Å². The average Bonchev–Trinajstić information content (AvgIpc) is 2.38. The number of carbonyl (C=O) groups excluding carboxylic acids is 1. The maximum Gasteiger partial charge on any atom is 0.152 e. The normalized spacial score (nSPS) is 10.0. The van der Waals surface area contributed by atoms with Crippen LogP contribution in [0.15, 0.2) is 36.5 Å². The highest BCUT2D eigenvalue weighted by molar-refractivity contribution is 5.77. The van der Waals surface area contributed by atoms with Gasteiger partial charge in [0.25, 0.3) is 0 Å². The van der Waals surface area contributed by atoms with Crippen LogP contribution in [-0.4, -0.2) is 18.4 Å². The van der Waals surface area contributed by atoms with Crippen LogP contribution in [0.4, 0.5) is 4.39 Å². The van der Waals surface area contributed by atoms with Crippen LogP contribution in [0.5, 0.6) is 5.75 Å². The minimum atomic E-state index is -0.565. The van der Waals surface area contributed by atoms with E-state index in [1.165, 1.54) is 19.2 Å². The number of aromatic nitrogens is 1. The zero-order chi connectivity index (χ0) is 12.3. The molecule has 0 fully saturated rings. The van der Waals surface area contributed by atoms with E-state index in [1.807, 2.05) is 0 Å². The van der Waals surface area contributed by atoms with Crippen LogP contribution >= 0.6 is 0 Å². The molecule has 1 heterocycles. The molecule has 0 radical (unpaired) electrons. The third-order valence-electron chi connectivity index (χ3n) is 2.39. The van der Waals surface area contributed by atoms with Crippen LogP contribution in [0.2, 0.25) is 0 Å². The van der Waals surface area contributed by atoms with Crippen molar-refractivity contribution in [2.75, 3.05) is 7.11 Å². The summed E-state index contributed by atoms with van der Waals surface area (Å²) >= 11 is 0. The number of hydrogen-bond donors (Lipinski definition) is 0. The van der Waals surface area contributed by atoms with Gasteiger partial charge in [0, 0.05) is 11.8 Å². The maximum atomic E-state index is 13.5. The molecule has 0 aliphatic heterocycles. The molecule has 0 amide bonds. The van der Waals surface area contributed by atoms with Gasteiger partial charge in [0.15, 0.2) is 6.29 Å². The lowest BCUT2D eigenvalue weighted by atomic mass is 10.1. The third kappa shape index (κ3) is 2.15. The molecule has 1 aromatic carbocycles. The van der Waals surface area contributed by atoms with E-state index in [-0.39, 0.29) is 5.56 Å². The van der Waals surface area contributed by atoms with Gasteiger partial charge in [-0.15, -0.1) is 0 Å². The van der Waals surface area contributed by atoms with Gasteiger partial charge in [0.2, 0.25) is 0 Å². The topological polar surface area (TPSA) is 39.2 Å². The molecule has 2 aromatic rings. The molecule has 0 atom stereocenters. The molecule has 1 aromatic heterocycles. The van der Waals surface area contributed by atoms with Gasteiger partial charge in [0.05, 0.1) is 12.7 Å². The Morgan fingerprint density at radius 2 is 2.18 bits per heavy atom. The fourth-order valence-electron chi connectivity index (χ4n) is 1.54. The second kappa shape index (κ2) is 4.74. The second-order valence-electron chi connectivity index (χ2n) is 3.41. The first-order valence-electron chi connectivity index (χ1n) is 5.00. The number of ether oxygens (including phenoxy) is 1. The molecule has 0 saturated heterocycles. The SMILES string of the molecule is COc1cccnc1-c1ccc(C=O)c(F)c1. The van der Waals surface area contributed by atoms with Crippen molar-refractivity contribution in [3.05, 3.63) is 47.9 Å². The van der Waals surface area contributed by atoms with Crippen molar-refractivity contribution in [2.24, 2.45) is 0 Å². The fourth-order valence-corrected chi connectivity index (χ4v) is 1.54. The Labute approximate surface area is 97.9 Å². The Morgan fingerprint density at radius 3 is 2.82 bits per heavy atom. The predicted octanol–water partition coefficient (Wildman–Crippen LogP) is 2.71. The largest absolute Gasteiger partial charge is 0.494 e. The van der Waals surface area contributed by atoms with Crippen LogP contribution < -0.4 is 4.74 Å². The average molecular weight is 231 g/mol. The highest BCUT2D eigenvalue weighted by Crippen LogP contribution is 2.27. The Morgan fingerprint density at radius 1 is 1.35 bits per heavy atom. The van der Waals surface area contributed by atoms with Crippen molar-refractivity contribution < 1.29 is 13.9 Å². The number of hydrogen-bond acceptors (Lipinski definition) is 3. The molecule has 3 nitrogen and oxygen atoms in total. The first-order chi connectivity index (χ1) is 8.26. The van der Waals surface area contributed by atoms with E-state index < -0.39 is 5.82 Å². The number of nitrogens with zero attached hydrogens (tertiary/aromatic N) is 1. The highest BCUT2D eigenvalue weighted by Gasteiger charge is 2.09. The lowest BCUT2D eigenvalue weighted by Gasteiger charge is -2.07. The van der Waals surface area contributed by atoms with Crippen LogP contribution in [0, 0.1) is 5.82 Å². The molecule has 86 valence electrons.